The van der Waals surface area contributed by atoms with E-state index in [0.717, 1.165) is 27.1 Å². The number of nitrogens with zero attached hydrogens (tertiary/aromatic N) is 4. The smallest absolute Gasteiger partial charge is 0.220 e. The van der Waals surface area contributed by atoms with Crippen molar-refractivity contribution in [2.45, 2.75) is 6.54 Å². The number of alkyl halides is 1. The molecule has 0 atom stereocenters. The second kappa shape index (κ2) is 6.64. The molecule has 2 aromatic carbocycles. The third-order valence-electron chi connectivity index (χ3n) is 4.06. The minimum atomic E-state index is 0.116. The Kier molecular flexibility index (Phi) is 4.19. The van der Waals surface area contributed by atoms with Crippen molar-refractivity contribution in [2.24, 2.45) is 10.2 Å². The number of hydrogen-bond acceptors (Lipinski definition) is 4. The topological polar surface area (TPSA) is 62.8 Å². The van der Waals surface area contributed by atoms with Gasteiger partial charge in [-0.3, -0.25) is 0 Å². The number of aromatic nitrogens is 2. The number of pyridine rings is 1. The van der Waals surface area contributed by atoms with Gasteiger partial charge in [-0.15, -0.1) is 10.2 Å². The molecule has 25 heavy (non-hydrogen) atoms. The standard InChI is InChI=1S/C19H15BrN4O/c20-11-12-24-16-8-4-2-6-14(16)18(19(24)25)23-22-17-10-9-13-5-1-3-7-15(13)21-17/h1-10,25H,11-12H2. The SMILES string of the molecule is Oc1c(N=Nc2ccc3ccccc3n2)c2ccccc2n1CCBr. The Labute approximate surface area is 152 Å². The van der Waals surface area contributed by atoms with Crippen LogP contribution in [0.4, 0.5) is 11.5 Å². The Morgan fingerprint density at radius 3 is 2.64 bits per heavy atom. The number of rotatable bonds is 4. The van der Waals surface area contributed by atoms with Gasteiger partial charge in [0.15, 0.2) is 11.5 Å². The predicted molar refractivity (Wildman–Crippen MR) is 103 cm³/mol. The highest BCUT2D eigenvalue weighted by atomic mass is 79.9. The first-order valence-electron chi connectivity index (χ1n) is 7.91. The number of aryl methyl sites for hydroxylation is 1. The van der Waals surface area contributed by atoms with Crippen molar-refractivity contribution < 1.29 is 5.11 Å². The van der Waals surface area contributed by atoms with Crippen LogP contribution in [0.25, 0.3) is 21.8 Å². The van der Waals surface area contributed by atoms with Crippen molar-refractivity contribution in [1.82, 2.24) is 9.55 Å². The van der Waals surface area contributed by atoms with E-state index < -0.39 is 0 Å². The molecule has 0 saturated heterocycles. The van der Waals surface area contributed by atoms with Crippen LogP contribution in [0.1, 0.15) is 0 Å². The number of azo groups is 1. The highest BCUT2D eigenvalue weighted by Gasteiger charge is 2.15. The third kappa shape index (κ3) is 2.89. The summed E-state index contributed by atoms with van der Waals surface area (Å²) >= 11 is 3.42. The van der Waals surface area contributed by atoms with Gasteiger partial charge in [0, 0.05) is 22.6 Å². The van der Waals surface area contributed by atoms with E-state index in [-0.39, 0.29) is 5.88 Å². The molecule has 0 unspecified atom stereocenters. The van der Waals surface area contributed by atoms with E-state index in [1.807, 2.05) is 65.2 Å². The van der Waals surface area contributed by atoms with Gasteiger partial charge in [0.05, 0.1) is 11.0 Å². The van der Waals surface area contributed by atoms with Gasteiger partial charge in [0.1, 0.15) is 0 Å². The molecule has 0 spiro atoms. The van der Waals surface area contributed by atoms with Crippen LogP contribution >= 0.6 is 15.9 Å². The van der Waals surface area contributed by atoms with Crippen molar-refractivity contribution >= 4 is 49.2 Å². The van der Waals surface area contributed by atoms with Gasteiger partial charge in [-0.1, -0.05) is 52.3 Å². The van der Waals surface area contributed by atoms with Crippen molar-refractivity contribution in [3.63, 3.8) is 0 Å². The fraction of sp³-hybridized carbons (Fsp3) is 0.105. The Hall–Kier alpha value is -2.73. The van der Waals surface area contributed by atoms with E-state index in [0.29, 0.717) is 18.1 Å². The number of halogens is 1. The maximum Gasteiger partial charge on any atom is 0.220 e. The van der Waals surface area contributed by atoms with E-state index >= 15 is 0 Å². The zero-order chi connectivity index (χ0) is 17.2. The lowest BCUT2D eigenvalue weighted by atomic mass is 10.2. The minimum absolute atomic E-state index is 0.116. The molecule has 4 aromatic rings. The van der Waals surface area contributed by atoms with Gasteiger partial charge in [-0.25, -0.2) is 4.98 Å². The molecule has 0 aliphatic carbocycles. The lowest BCUT2D eigenvalue weighted by Gasteiger charge is -2.03. The van der Waals surface area contributed by atoms with Crippen LogP contribution in [0, 0.1) is 0 Å². The maximum atomic E-state index is 10.6. The molecule has 1 N–H and O–H groups in total. The van der Waals surface area contributed by atoms with Crippen LogP contribution in [0.5, 0.6) is 5.88 Å². The van der Waals surface area contributed by atoms with E-state index in [9.17, 15) is 5.11 Å². The lowest BCUT2D eigenvalue weighted by molar-refractivity contribution is 0.428. The molecular weight excluding hydrogens is 380 g/mol. The molecule has 6 heteroatoms. The van der Waals surface area contributed by atoms with Crippen LogP contribution in [0.15, 0.2) is 70.9 Å². The normalized spacial score (nSPS) is 11.7. The predicted octanol–water partition coefficient (Wildman–Crippen LogP) is 5.71. The second-order valence-corrected chi connectivity index (χ2v) is 6.39. The Morgan fingerprint density at radius 2 is 1.76 bits per heavy atom. The molecule has 0 fully saturated rings. The van der Waals surface area contributed by atoms with Gasteiger partial charge in [0.25, 0.3) is 0 Å². The molecule has 2 aromatic heterocycles. The Balaban J connectivity index is 1.79. The molecule has 0 amide bonds. The van der Waals surface area contributed by atoms with Gasteiger partial charge in [0.2, 0.25) is 5.88 Å². The first kappa shape index (κ1) is 15.8. The summed E-state index contributed by atoms with van der Waals surface area (Å²) in [6.07, 6.45) is 0. The third-order valence-corrected chi connectivity index (χ3v) is 4.42. The first-order chi connectivity index (χ1) is 12.3. The fourth-order valence-corrected chi connectivity index (χ4v) is 3.25. The van der Waals surface area contributed by atoms with Gasteiger partial charge < -0.3 is 9.67 Å². The molecule has 124 valence electrons. The van der Waals surface area contributed by atoms with E-state index in [1.165, 1.54) is 0 Å². The summed E-state index contributed by atoms with van der Waals surface area (Å²) in [7, 11) is 0. The van der Waals surface area contributed by atoms with Crippen molar-refractivity contribution in [3.8, 4) is 5.88 Å². The van der Waals surface area contributed by atoms with Crippen LogP contribution in [0.3, 0.4) is 0 Å². The Bertz CT molecular complexity index is 1090. The van der Waals surface area contributed by atoms with Crippen LogP contribution in [-0.2, 0) is 6.54 Å². The monoisotopic (exact) mass is 394 g/mol. The Morgan fingerprint density at radius 1 is 0.960 bits per heavy atom. The molecule has 0 aliphatic heterocycles. The quantitative estimate of drug-likeness (QED) is 0.356. The van der Waals surface area contributed by atoms with E-state index in [4.69, 9.17) is 0 Å². The minimum Gasteiger partial charge on any atom is -0.493 e. The number of aromatic hydroxyl groups is 1. The van der Waals surface area contributed by atoms with Gasteiger partial charge >= 0.3 is 0 Å². The van der Waals surface area contributed by atoms with Gasteiger partial charge in [-0.05, 0) is 24.3 Å². The van der Waals surface area contributed by atoms with Crippen LogP contribution < -0.4 is 0 Å². The number of benzene rings is 2. The number of para-hydroxylation sites is 2. The highest BCUT2D eigenvalue weighted by molar-refractivity contribution is 9.09. The van der Waals surface area contributed by atoms with Crippen LogP contribution in [0.2, 0.25) is 0 Å². The fourth-order valence-electron chi connectivity index (χ4n) is 2.89. The van der Waals surface area contributed by atoms with Crippen molar-refractivity contribution in [3.05, 3.63) is 60.7 Å². The molecule has 2 heterocycles. The van der Waals surface area contributed by atoms with Gasteiger partial charge in [-0.2, -0.15) is 0 Å². The highest BCUT2D eigenvalue weighted by Crippen LogP contribution is 2.39. The zero-order valence-electron chi connectivity index (χ0n) is 13.3. The second-order valence-electron chi connectivity index (χ2n) is 5.59. The van der Waals surface area contributed by atoms with E-state index in [2.05, 4.69) is 31.1 Å². The molecule has 0 aliphatic rings. The summed E-state index contributed by atoms with van der Waals surface area (Å²) in [6.45, 7) is 0.649. The summed E-state index contributed by atoms with van der Waals surface area (Å²) in [4.78, 5) is 4.49. The molecular formula is C19H15BrN4O. The summed E-state index contributed by atoms with van der Waals surface area (Å²) in [5, 5.41) is 21.7. The maximum absolute atomic E-state index is 10.6. The average molecular weight is 395 g/mol. The molecule has 5 nitrogen and oxygen atoms in total. The summed E-state index contributed by atoms with van der Waals surface area (Å²) in [5.74, 6) is 0.626. The molecule has 4 rings (SSSR count). The lowest BCUT2D eigenvalue weighted by Crippen LogP contribution is -1.97. The van der Waals surface area contributed by atoms with Crippen molar-refractivity contribution in [2.75, 3.05) is 5.33 Å². The average Bonchev–Trinajstić information content (AvgIpc) is 2.92. The first-order valence-corrected chi connectivity index (χ1v) is 9.04. The van der Waals surface area contributed by atoms with Crippen molar-refractivity contribution in [1.29, 1.82) is 0 Å². The molecule has 0 radical (unpaired) electrons. The summed E-state index contributed by atoms with van der Waals surface area (Å²) < 4.78 is 1.83. The molecule has 0 saturated carbocycles. The summed E-state index contributed by atoms with van der Waals surface area (Å²) in [6, 6.07) is 19.4. The largest absolute Gasteiger partial charge is 0.493 e. The van der Waals surface area contributed by atoms with E-state index in [1.54, 1.807) is 0 Å². The number of hydrogen-bond donors (Lipinski definition) is 1. The molecule has 0 bridgehead atoms. The number of fused-ring (bicyclic) bond motifs is 2. The summed E-state index contributed by atoms with van der Waals surface area (Å²) in [5.41, 5.74) is 2.26. The van der Waals surface area contributed by atoms with Crippen LogP contribution in [-0.4, -0.2) is 20.0 Å². The zero-order valence-corrected chi connectivity index (χ0v) is 14.9.